The summed E-state index contributed by atoms with van der Waals surface area (Å²) in [4.78, 5) is 10.5. The van der Waals surface area contributed by atoms with Crippen molar-refractivity contribution in [1.82, 2.24) is 0 Å². The minimum atomic E-state index is -0.874. The Kier molecular flexibility index (Phi) is 2.00. The summed E-state index contributed by atoms with van der Waals surface area (Å²) >= 11 is 0. The highest BCUT2D eigenvalue weighted by Crippen LogP contribution is 2.20. The fourth-order valence-electron chi connectivity index (χ4n) is 1.45. The molecule has 2 rings (SSSR count). The first-order chi connectivity index (χ1) is 6.65. The van der Waals surface area contributed by atoms with Crippen LogP contribution in [0.4, 0.5) is 0 Å². The molecule has 14 heavy (non-hydrogen) atoms. The Morgan fingerprint density at radius 1 is 1.43 bits per heavy atom. The second-order valence-corrected chi connectivity index (χ2v) is 3.32. The maximum absolute atomic E-state index is 10.5. The molecule has 1 heterocycles. The van der Waals surface area contributed by atoms with Crippen LogP contribution >= 0.6 is 0 Å². The number of furan rings is 1. The first-order valence-corrected chi connectivity index (χ1v) is 4.36. The predicted molar refractivity (Wildman–Crippen MR) is 52.3 cm³/mol. The zero-order chi connectivity index (χ0) is 10.1. The summed E-state index contributed by atoms with van der Waals surface area (Å²) in [6.45, 7) is 1.99. The summed E-state index contributed by atoms with van der Waals surface area (Å²) in [7, 11) is 0. The third kappa shape index (κ3) is 1.62. The molecular weight excluding hydrogens is 180 g/mol. The van der Waals surface area contributed by atoms with Gasteiger partial charge < -0.3 is 9.52 Å². The zero-order valence-electron chi connectivity index (χ0n) is 7.78. The van der Waals surface area contributed by atoms with Crippen LogP contribution in [0.15, 0.2) is 28.7 Å². The van der Waals surface area contributed by atoms with Crippen LogP contribution in [0, 0.1) is 6.92 Å². The second kappa shape index (κ2) is 3.18. The highest BCUT2D eigenvalue weighted by Gasteiger charge is 2.07. The van der Waals surface area contributed by atoms with E-state index in [2.05, 4.69) is 0 Å². The molecule has 3 heteroatoms. The van der Waals surface area contributed by atoms with Gasteiger partial charge in [0.2, 0.25) is 0 Å². The summed E-state index contributed by atoms with van der Waals surface area (Å²) in [5.74, 6) is -0.376. The number of hydrogen-bond acceptors (Lipinski definition) is 2. The maximum atomic E-state index is 10.5. The van der Waals surface area contributed by atoms with Crippen molar-refractivity contribution in [3.63, 3.8) is 0 Å². The van der Waals surface area contributed by atoms with E-state index in [-0.39, 0.29) is 6.42 Å². The highest BCUT2D eigenvalue weighted by molar-refractivity contribution is 5.80. The van der Waals surface area contributed by atoms with Crippen molar-refractivity contribution < 1.29 is 14.3 Å². The lowest BCUT2D eigenvalue weighted by atomic mass is 10.2. The van der Waals surface area contributed by atoms with Crippen molar-refractivity contribution in [2.75, 3.05) is 0 Å². The number of benzene rings is 1. The van der Waals surface area contributed by atoms with Crippen LogP contribution in [0.3, 0.4) is 0 Å². The number of carboxylic acids is 1. The Morgan fingerprint density at radius 2 is 2.21 bits per heavy atom. The summed E-state index contributed by atoms with van der Waals surface area (Å²) in [6.07, 6.45) is -0.0618. The van der Waals surface area contributed by atoms with Gasteiger partial charge in [-0.1, -0.05) is 11.6 Å². The van der Waals surface area contributed by atoms with Gasteiger partial charge in [-0.15, -0.1) is 0 Å². The van der Waals surface area contributed by atoms with Gasteiger partial charge >= 0.3 is 5.97 Å². The molecule has 0 bridgehead atoms. The molecule has 1 aromatic heterocycles. The van der Waals surface area contributed by atoms with Crippen molar-refractivity contribution in [3.05, 3.63) is 35.6 Å². The van der Waals surface area contributed by atoms with E-state index >= 15 is 0 Å². The van der Waals surface area contributed by atoms with Crippen molar-refractivity contribution in [1.29, 1.82) is 0 Å². The maximum Gasteiger partial charge on any atom is 0.311 e. The van der Waals surface area contributed by atoms with Crippen LogP contribution < -0.4 is 0 Å². The molecule has 0 amide bonds. The average Bonchev–Trinajstić information content (AvgIpc) is 2.44. The minimum Gasteiger partial charge on any atom is -0.481 e. The Balaban J connectivity index is 2.46. The lowest BCUT2D eigenvalue weighted by Crippen LogP contribution is -1.97. The number of aryl methyl sites for hydroxylation is 1. The number of aliphatic carboxylic acids is 1. The molecule has 0 aliphatic rings. The number of fused-ring (bicyclic) bond motifs is 1. The van der Waals surface area contributed by atoms with E-state index in [1.54, 1.807) is 6.07 Å². The van der Waals surface area contributed by atoms with E-state index in [4.69, 9.17) is 9.52 Å². The van der Waals surface area contributed by atoms with Crippen molar-refractivity contribution in [2.45, 2.75) is 13.3 Å². The third-order valence-corrected chi connectivity index (χ3v) is 2.05. The van der Waals surface area contributed by atoms with Crippen LogP contribution in [-0.4, -0.2) is 11.1 Å². The van der Waals surface area contributed by atoms with Gasteiger partial charge in [-0.2, -0.15) is 0 Å². The van der Waals surface area contributed by atoms with Gasteiger partial charge in [0.1, 0.15) is 17.8 Å². The molecule has 0 radical (unpaired) electrons. The molecule has 0 unspecified atom stereocenters. The molecule has 0 saturated carbocycles. The van der Waals surface area contributed by atoms with Gasteiger partial charge in [0.25, 0.3) is 0 Å². The van der Waals surface area contributed by atoms with E-state index in [0.717, 1.165) is 16.5 Å². The predicted octanol–water partition coefficient (Wildman–Crippen LogP) is 2.37. The van der Waals surface area contributed by atoms with Crippen LogP contribution in [-0.2, 0) is 11.2 Å². The molecule has 0 spiro atoms. The van der Waals surface area contributed by atoms with E-state index in [1.807, 2.05) is 25.1 Å². The molecular formula is C11H10O3. The van der Waals surface area contributed by atoms with E-state index in [0.29, 0.717) is 5.76 Å². The quantitative estimate of drug-likeness (QED) is 0.790. The largest absolute Gasteiger partial charge is 0.481 e. The standard InChI is InChI=1S/C11H10O3/c1-7-2-3-10-8(4-7)5-9(14-10)6-11(12)13/h2-5H,6H2,1H3,(H,12,13). The normalized spacial score (nSPS) is 10.6. The second-order valence-electron chi connectivity index (χ2n) is 3.32. The van der Waals surface area contributed by atoms with E-state index in [9.17, 15) is 4.79 Å². The van der Waals surface area contributed by atoms with Gasteiger partial charge in [0.05, 0.1) is 0 Å². The molecule has 0 aliphatic carbocycles. The molecule has 1 aromatic carbocycles. The summed E-state index contributed by atoms with van der Waals surface area (Å²) < 4.78 is 5.35. The molecule has 3 nitrogen and oxygen atoms in total. The molecule has 0 saturated heterocycles. The monoisotopic (exact) mass is 190 g/mol. The Hall–Kier alpha value is -1.77. The van der Waals surface area contributed by atoms with Gasteiger partial charge in [-0.25, -0.2) is 0 Å². The summed E-state index contributed by atoms with van der Waals surface area (Å²) in [5.41, 5.74) is 1.88. The topological polar surface area (TPSA) is 50.4 Å². The lowest BCUT2D eigenvalue weighted by molar-refractivity contribution is -0.136. The van der Waals surface area contributed by atoms with Gasteiger partial charge in [0.15, 0.2) is 0 Å². The first kappa shape index (κ1) is 8.81. The third-order valence-electron chi connectivity index (χ3n) is 2.05. The van der Waals surface area contributed by atoms with E-state index < -0.39 is 5.97 Å². The van der Waals surface area contributed by atoms with Crippen LogP contribution in [0.1, 0.15) is 11.3 Å². The molecule has 0 fully saturated rings. The number of hydrogen-bond donors (Lipinski definition) is 1. The van der Waals surface area contributed by atoms with Gasteiger partial charge in [-0.3, -0.25) is 4.79 Å². The van der Waals surface area contributed by atoms with Crippen LogP contribution in [0.2, 0.25) is 0 Å². The lowest BCUT2D eigenvalue weighted by Gasteiger charge is -1.89. The van der Waals surface area contributed by atoms with Crippen LogP contribution in [0.25, 0.3) is 11.0 Å². The van der Waals surface area contributed by atoms with E-state index in [1.165, 1.54) is 0 Å². The molecule has 1 N–H and O–H groups in total. The fraction of sp³-hybridized carbons (Fsp3) is 0.182. The number of carboxylic acid groups (broad SMARTS) is 1. The van der Waals surface area contributed by atoms with Gasteiger partial charge in [-0.05, 0) is 25.1 Å². The minimum absolute atomic E-state index is 0.0618. The van der Waals surface area contributed by atoms with Crippen molar-refractivity contribution in [3.8, 4) is 0 Å². The van der Waals surface area contributed by atoms with Crippen molar-refractivity contribution in [2.24, 2.45) is 0 Å². The van der Waals surface area contributed by atoms with Gasteiger partial charge in [0, 0.05) is 5.39 Å². The highest BCUT2D eigenvalue weighted by atomic mass is 16.4. The SMILES string of the molecule is Cc1ccc2oc(CC(=O)O)cc2c1. The summed E-state index contributed by atoms with van der Waals surface area (Å²) in [6, 6.07) is 7.55. The average molecular weight is 190 g/mol. The molecule has 72 valence electrons. The Labute approximate surface area is 81.0 Å². The molecule has 0 aliphatic heterocycles. The fourth-order valence-corrected chi connectivity index (χ4v) is 1.45. The van der Waals surface area contributed by atoms with Crippen molar-refractivity contribution >= 4 is 16.9 Å². The number of rotatable bonds is 2. The first-order valence-electron chi connectivity index (χ1n) is 4.36. The summed E-state index contributed by atoms with van der Waals surface area (Å²) in [5, 5.41) is 9.55. The zero-order valence-corrected chi connectivity index (χ0v) is 7.78. The molecule has 0 atom stereocenters. The smallest absolute Gasteiger partial charge is 0.311 e. The molecule has 2 aromatic rings. The number of carbonyl (C=O) groups is 1. The Bertz CT molecular complexity index is 482. The Morgan fingerprint density at radius 3 is 2.93 bits per heavy atom. The van der Waals surface area contributed by atoms with Crippen LogP contribution in [0.5, 0.6) is 0 Å².